The van der Waals surface area contributed by atoms with Gasteiger partial charge < -0.3 is 10.8 Å². The maximum absolute atomic E-state index is 9.85. The first kappa shape index (κ1) is 11.2. The Kier molecular flexibility index (Phi) is 3.67. The van der Waals surface area contributed by atoms with Crippen molar-refractivity contribution in [3.8, 4) is 0 Å². The molecule has 0 saturated carbocycles. The van der Waals surface area contributed by atoms with Gasteiger partial charge in [-0.2, -0.15) is 0 Å². The van der Waals surface area contributed by atoms with Gasteiger partial charge in [0.15, 0.2) is 0 Å². The van der Waals surface area contributed by atoms with Crippen LogP contribution in [0.3, 0.4) is 0 Å². The lowest BCUT2D eigenvalue weighted by molar-refractivity contribution is 0.0977. The first-order chi connectivity index (χ1) is 6.54. The number of nitrogens with two attached hydrogens (primary N) is 1. The molecule has 14 heavy (non-hydrogen) atoms. The van der Waals surface area contributed by atoms with E-state index in [1.54, 1.807) is 0 Å². The van der Waals surface area contributed by atoms with E-state index in [1.807, 2.05) is 45.0 Å². The minimum absolute atomic E-state index is 0.185. The minimum atomic E-state index is -0.476. The summed E-state index contributed by atoms with van der Waals surface area (Å²) in [6.07, 6.45) is -0.476. The van der Waals surface area contributed by atoms with Crippen LogP contribution in [0.15, 0.2) is 24.3 Å². The number of hydrogen-bond acceptors (Lipinski definition) is 2. The molecule has 2 atom stereocenters. The molecular weight excluding hydrogens is 174 g/mol. The SMILES string of the molecule is Cc1ccccc1[C@H](N)[C@H](O)C(C)C. The predicted molar refractivity (Wildman–Crippen MR) is 59.0 cm³/mol. The standard InChI is InChI=1S/C12H19NO/c1-8(2)12(14)11(13)10-7-5-4-6-9(10)3/h4-8,11-12,14H,13H2,1-3H3/t11-,12+/m0/s1. The summed E-state index contributed by atoms with van der Waals surface area (Å²) in [4.78, 5) is 0. The van der Waals surface area contributed by atoms with Crippen molar-refractivity contribution in [1.29, 1.82) is 0 Å². The number of benzene rings is 1. The second kappa shape index (κ2) is 4.58. The van der Waals surface area contributed by atoms with Crippen molar-refractivity contribution in [2.75, 3.05) is 0 Å². The van der Waals surface area contributed by atoms with E-state index < -0.39 is 6.10 Å². The molecule has 0 amide bonds. The number of aliphatic hydroxyl groups is 1. The van der Waals surface area contributed by atoms with Crippen LogP contribution < -0.4 is 5.73 Å². The van der Waals surface area contributed by atoms with Crippen LogP contribution in [-0.4, -0.2) is 11.2 Å². The van der Waals surface area contributed by atoms with Gasteiger partial charge in [-0.1, -0.05) is 38.1 Å². The lowest BCUT2D eigenvalue weighted by Crippen LogP contribution is -2.30. The molecule has 0 aromatic heterocycles. The summed E-state index contributed by atoms with van der Waals surface area (Å²) in [5.74, 6) is 0.185. The molecule has 1 aromatic carbocycles. The zero-order valence-corrected chi connectivity index (χ0v) is 9.07. The molecule has 0 aliphatic carbocycles. The van der Waals surface area contributed by atoms with Gasteiger partial charge in [-0.25, -0.2) is 0 Å². The lowest BCUT2D eigenvalue weighted by atomic mass is 9.92. The van der Waals surface area contributed by atoms with Crippen LogP contribution in [-0.2, 0) is 0 Å². The molecule has 0 saturated heterocycles. The first-order valence-electron chi connectivity index (χ1n) is 5.03. The van der Waals surface area contributed by atoms with E-state index in [9.17, 15) is 5.11 Å². The summed E-state index contributed by atoms with van der Waals surface area (Å²) in [5, 5.41) is 9.85. The van der Waals surface area contributed by atoms with Crippen molar-refractivity contribution in [2.45, 2.75) is 32.9 Å². The molecular formula is C12H19NO. The van der Waals surface area contributed by atoms with Crippen LogP contribution in [0.25, 0.3) is 0 Å². The lowest BCUT2D eigenvalue weighted by Gasteiger charge is -2.23. The molecule has 0 aliphatic heterocycles. The maximum atomic E-state index is 9.85. The normalized spacial score (nSPS) is 15.6. The van der Waals surface area contributed by atoms with E-state index in [2.05, 4.69) is 0 Å². The molecule has 0 bridgehead atoms. The molecule has 0 heterocycles. The highest BCUT2D eigenvalue weighted by atomic mass is 16.3. The number of aliphatic hydroxyl groups excluding tert-OH is 1. The van der Waals surface area contributed by atoms with Gasteiger partial charge in [0.1, 0.15) is 0 Å². The van der Waals surface area contributed by atoms with Crippen LogP contribution in [0.5, 0.6) is 0 Å². The van der Waals surface area contributed by atoms with Gasteiger partial charge in [0.05, 0.1) is 12.1 Å². The van der Waals surface area contributed by atoms with E-state index in [-0.39, 0.29) is 12.0 Å². The largest absolute Gasteiger partial charge is 0.391 e. The molecule has 0 fully saturated rings. The van der Waals surface area contributed by atoms with E-state index in [4.69, 9.17) is 5.73 Å². The highest BCUT2D eigenvalue weighted by molar-refractivity contribution is 5.29. The van der Waals surface area contributed by atoms with Crippen LogP contribution >= 0.6 is 0 Å². The van der Waals surface area contributed by atoms with Gasteiger partial charge in [0.25, 0.3) is 0 Å². The Bertz CT molecular complexity index is 296. The fourth-order valence-electron chi connectivity index (χ4n) is 1.56. The molecule has 2 nitrogen and oxygen atoms in total. The molecule has 3 N–H and O–H groups in total. The van der Waals surface area contributed by atoms with Crippen molar-refractivity contribution in [3.63, 3.8) is 0 Å². The van der Waals surface area contributed by atoms with Crippen LogP contribution in [0.1, 0.15) is 31.0 Å². The summed E-state index contributed by atoms with van der Waals surface area (Å²) >= 11 is 0. The van der Waals surface area contributed by atoms with Crippen LogP contribution in [0, 0.1) is 12.8 Å². The third-order valence-electron chi connectivity index (χ3n) is 2.60. The quantitative estimate of drug-likeness (QED) is 0.771. The predicted octanol–water partition coefficient (Wildman–Crippen LogP) is 2.01. The third-order valence-corrected chi connectivity index (χ3v) is 2.60. The van der Waals surface area contributed by atoms with Crippen molar-refractivity contribution >= 4 is 0 Å². The molecule has 1 aromatic rings. The van der Waals surface area contributed by atoms with Gasteiger partial charge in [-0.05, 0) is 24.0 Å². The van der Waals surface area contributed by atoms with Crippen LogP contribution in [0.2, 0.25) is 0 Å². The summed E-state index contributed by atoms with van der Waals surface area (Å²) in [5.41, 5.74) is 8.16. The Hall–Kier alpha value is -0.860. The number of rotatable bonds is 3. The monoisotopic (exact) mass is 193 g/mol. The Morgan fingerprint density at radius 1 is 1.21 bits per heavy atom. The highest BCUT2D eigenvalue weighted by Crippen LogP contribution is 2.22. The third kappa shape index (κ3) is 2.34. The zero-order chi connectivity index (χ0) is 10.7. The van der Waals surface area contributed by atoms with Gasteiger partial charge >= 0.3 is 0 Å². The maximum Gasteiger partial charge on any atom is 0.0755 e. The van der Waals surface area contributed by atoms with Crippen LogP contribution in [0.4, 0.5) is 0 Å². The first-order valence-corrected chi connectivity index (χ1v) is 5.03. The Morgan fingerprint density at radius 2 is 1.79 bits per heavy atom. The van der Waals surface area contributed by atoms with E-state index in [0.29, 0.717) is 0 Å². The smallest absolute Gasteiger partial charge is 0.0755 e. The number of hydrogen-bond donors (Lipinski definition) is 2. The fraction of sp³-hybridized carbons (Fsp3) is 0.500. The van der Waals surface area contributed by atoms with Crippen molar-refractivity contribution < 1.29 is 5.11 Å². The second-order valence-electron chi connectivity index (χ2n) is 4.12. The average Bonchev–Trinajstić information content (AvgIpc) is 2.16. The van der Waals surface area contributed by atoms with Gasteiger partial charge in [-0.3, -0.25) is 0 Å². The Balaban J connectivity index is 2.89. The zero-order valence-electron chi connectivity index (χ0n) is 9.07. The van der Waals surface area contributed by atoms with Gasteiger partial charge in [0.2, 0.25) is 0 Å². The van der Waals surface area contributed by atoms with Gasteiger partial charge in [0, 0.05) is 0 Å². The Labute approximate surface area is 85.8 Å². The van der Waals surface area contributed by atoms with E-state index >= 15 is 0 Å². The van der Waals surface area contributed by atoms with Crippen molar-refractivity contribution in [2.24, 2.45) is 11.7 Å². The molecule has 2 heteroatoms. The van der Waals surface area contributed by atoms with Gasteiger partial charge in [-0.15, -0.1) is 0 Å². The molecule has 0 spiro atoms. The fourth-order valence-corrected chi connectivity index (χ4v) is 1.56. The number of aryl methyl sites for hydroxylation is 1. The molecule has 0 unspecified atom stereocenters. The van der Waals surface area contributed by atoms with E-state index in [1.165, 1.54) is 0 Å². The molecule has 0 radical (unpaired) electrons. The van der Waals surface area contributed by atoms with E-state index in [0.717, 1.165) is 11.1 Å². The summed E-state index contributed by atoms with van der Waals surface area (Å²) in [6.45, 7) is 5.97. The molecule has 1 rings (SSSR count). The Morgan fingerprint density at radius 3 is 2.29 bits per heavy atom. The van der Waals surface area contributed by atoms with Crippen molar-refractivity contribution in [1.82, 2.24) is 0 Å². The topological polar surface area (TPSA) is 46.2 Å². The molecule has 78 valence electrons. The summed E-state index contributed by atoms with van der Waals surface area (Å²) in [6, 6.07) is 7.65. The molecule has 0 aliphatic rings. The minimum Gasteiger partial charge on any atom is -0.391 e. The summed E-state index contributed by atoms with van der Waals surface area (Å²) in [7, 11) is 0. The summed E-state index contributed by atoms with van der Waals surface area (Å²) < 4.78 is 0. The second-order valence-corrected chi connectivity index (χ2v) is 4.12. The highest BCUT2D eigenvalue weighted by Gasteiger charge is 2.20. The average molecular weight is 193 g/mol. The van der Waals surface area contributed by atoms with Crippen molar-refractivity contribution in [3.05, 3.63) is 35.4 Å².